The monoisotopic (exact) mass is 250 g/mol. The molecule has 1 aliphatic rings. The minimum atomic E-state index is 0.439. The smallest absolute Gasteiger partial charge is 0.151 e. The third-order valence-electron chi connectivity index (χ3n) is 2.60. The van der Waals surface area contributed by atoms with Gasteiger partial charge in [0.15, 0.2) is 6.29 Å². The Hall–Kier alpha value is -1.32. The number of ether oxygens (including phenoxy) is 1. The second-order valence-electron chi connectivity index (χ2n) is 3.55. The quantitative estimate of drug-likeness (QED) is 0.720. The van der Waals surface area contributed by atoms with Gasteiger partial charge in [-0.1, -0.05) is 11.6 Å². The fourth-order valence-corrected chi connectivity index (χ4v) is 2.93. The summed E-state index contributed by atoms with van der Waals surface area (Å²) in [6.45, 7) is 0.572. The highest BCUT2D eigenvalue weighted by Crippen LogP contribution is 2.42. The average molecular weight is 251 g/mol. The van der Waals surface area contributed by atoms with Crippen molar-refractivity contribution in [2.75, 3.05) is 0 Å². The van der Waals surface area contributed by atoms with Crippen LogP contribution in [0.5, 0.6) is 5.75 Å². The van der Waals surface area contributed by atoms with Crippen LogP contribution in [-0.2, 0) is 6.61 Å². The van der Waals surface area contributed by atoms with E-state index in [2.05, 4.69) is 0 Å². The Balaban J connectivity index is 2.27. The fraction of sp³-hybridized carbons (Fsp3) is 0.0833. The standard InChI is InChI=1S/C12H7ClO2S/c13-10-4-11-9(3-8(10)5-14)12-7(6-15-11)1-2-16-12/h1-5H,6H2. The summed E-state index contributed by atoms with van der Waals surface area (Å²) in [7, 11) is 0. The van der Waals surface area contributed by atoms with Crippen molar-refractivity contribution in [1.82, 2.24) is 0 Å². The number of fused-ring (bicyclic) bond motifs is 3. The van der Waals surface area contributed by atoms with Crippen LogP contribution in [0, 0.1) is 0 Å². The normalized spacial score (nSPS) is 12.6. The highest BCUT2D eigenvalue weighted by atomic mass is 35.5. The Morgan fingerprint density at radius 3 is 3.12 bits per heavy atom. The van der Waals surface area contributed by atoms with Crippen LogP contribution in [0.2, 0.25) is 5.02 Å². The van der Waals surface area contributed by atoms with E-state index in [1.54, 1.807) is 23.5 Å². The predicted molar refractivity (Wildman–Crippen MR) is 64.5 cm³/mol. The number of hydrogen-bond acceptors (Lipinski definition) is 3. The van der Waals surface area contributed by atoms with Gasteiger partial charge in [-0.15, -0.1) is 11.3 Å². The molecule has 1 aromatic carbocycles. The maximum atomic E-state index is 10.8. The Bertz CT molecular complexity index is 574. The van der Waals surface area contributed by atoms with Gasteiger partial charge in [0, 0.05) is 27.6 Å². The van der Waals surface area contributed by atoms with Crippen molar-refractivity contribution >= 4 is 29.2 Å². The van der Waals surface area contributed by atoms with Gasteiger partial charge >= 0.3 is 0 Å². The van der Waals surface area contributed by atoms with Crippen molar-refractivity contribution in [3.8, 4) is 16.2 Å². The summed E-state index contributed by atoms with van der Waals surface area (Å²) in [5.41, 5.74) is 2.63. The van der Waals surface area contributed by atoms with E-state index in [1.807, 2.05) is 11.4 Å². The van der Waals surface area contributed by atoms with Crippen LogP contribution < -0.4 is 4.74 Å². The molecule has 3 rings (SSSR count). The van der Waals surface area contributed by atoms with E-state index < -0.39 is 0 Å². The molecule has 16 heavy (non-hydrogen) atoms. The average Bonchev–Trinajstić information content (AvgIpc) is 2.76. The molecule has 0 bridgehead atoms. The van der Waals surface area contributed by atoms with Gasteiger partial charge in [-0.25, -0.2) is 0 Å². The zero-order chi connectivity index (χ0) is 11.1. The first-order chi connectivity index (χ1) is 7.79. The Kier molecular flexibility index (Phi) is 2.23. The second-order valence-corrected chi connectivity index (χ2v) is 4.87. The molecule has 1 aromatic heterocycles. The maximum Gasteiger partial charge on any atom is 0.151 e. The largest absolute Gasteiger partial charge is 0.488 e. The van der Waals surface area contributed by atoms with E-state index >= 15 is 0 Å². The maximum absolute atomic E-state index is 10.8. The SMILES string of the molecule is O=Cc1cc2c(cc1Cl)OCc1ccsc1-2. The van der Waals surface area contributed by atoms with Gasteiger partial charge in [0.2, 0.25) is 0 Å². The summed E-state index contributed by atoms with van der Waals surface area (Å²) in [5, 5.41) is 2.46. The van der Waals surface area contributed by atoms with Crippen molar-refractivity contribution in [1.29, 1.82) is 0 Å². The zero-order valence-corrected chi connectivity index (χ0v) is 9.77. The van der Waals surface area contributed by atoms with Crippen LogP contribution in [0.25, 0.3) is 10.4 Å². The van der Waals surface area contributed by atoms with E-state index in [-0.39, 0.29) is 0 Å². The Morgan fingerprint density at radius 2 is 2.31 bits per heavy atom. The third kappa shape index (κ3) is 1.36. The van der Waals surface area contributed by atoms with Gasteiger partial charge < -0.3 is 4.74 Å². The van der Waals surface area contributed by atoms with Crippen LogP contribution in [0.3, 0.4) is 0 Å². The first kappa shape index (κ1) is 9.87. The summed E-state index contributed by atoms with van der Waals surface area (Å²) >= 11 is 7.61. The predicted octanol–water partition coefficient (Wildman–Crippen LogP) is 3.77. The van der Waals surface area contributed by atoms with Crippen LogP contribution >= 0.6 is 22.9 Å². The molecule has 1 aliphatic heterocycles. The first-order valence-corrected chi connectivity index (χ1v) is 6.03. The topological polar surface area (TPSA) is 26.3 Å². The number of thiophene rings is 1. The Morgan fingerprint density at radius 1 is 1.44 bits per heavy atom. The lowest BCUT2D eigenvalue weighted by molar-refractivity contribution is 0.112. The van der Waals surface area contributed by atoms with Gasteiger partial charge in [0.05, 0.1) is 5.02 Å². The summed E-state index contributed by atoms with van der Waals surface area (Å²) < 4.78 is 5.59. The van der Waals surface area contributed by atoms with Crippen molar-refractivity contribution in [2.24, 2.45) is 0 Å². The molecule has 2 aromatic rings. The van der Waals surface area contributed by atoms with Gasteiger partial charge in [-0.3, -0.25) is 4.79 Å². The van der Waals surface area contributed by atoms with E-state index in [0.29, 0.717) is 17.2 Å². The highest BCUT2D eigenvalue weighted by molar-refractivity contribution is 7.13. The van der Waals surface area contributed by atoms with Crippen molar-refractivity contribution in [3.63, 3.8) is 0 Å². The fourth-order valence-electron chi connectivity index (χ4n) is 1.80. The molecule has 0 fully saturated rings. The summed E-state index contributed by atoms with van der Waals surface area (Å²) in [6.07, 6.45) is 0.768. The number of benzene rings is 1. The highest BCUT2D eigenvalue weighted by Gasteiger charge is 2.20. The lowest BCUT2D eigenvalue weighted by Gasteiger charge is -2.18. The molecule has 0 saturated heterocycles. The van der Waals surface area contributed by atoms with Crippen LogP contribution in [0.15, 0.2) is 23.6 Å². The molecule has 0 aliphatic carbocycles. The molecule has 0 saturated carbocycles. The van der Waals surface area contributed by atoms with Gasteiger partial charge in [-0.2, -0.15) is 0 Å². The molecule has 0 N–H and O–H groups in total. The van der Waals surface area contributed by atoms with Gasteiger partial charge in [0.25, 0.3) is 0 Å². The minimum absolute atomic E-state index is 0.439. The zero-order valence-electron chi connectivity index (χ0n) is 8.20. The van der Waals surface area contributed by atoms with E-state index in [0.717, 1.165) is 23.2 Å². The number of rotatable bonds is 1. The van der Waals surface area contributed by atoms with E-state index in [4.69, 9.17) is 16.3 Å². The van der Waals surface area contributed by atoms with Crippen molar-refractivity contribution < 1.29 is 9.53 Å². The first-order valence-electron chi connectivity index (χ1n) is 4.78. The molecule has 0 atom stereocenters. The Labute approximate surface area is 101 Å². The second kappa shape index (κ2) is 3.61. The summed E-state index contributed by atoms with van der Waals surface area (Å²) in [5.74, 6) is 0.755. The molecule has 0 amide bonds. The number of halogens is 1. The number of carbonyl (C=O) groups is 1. The van der Waals surface area contributed by atoms with Crippen LogP contribution in [-0.4, -0.2) is 6.29 Å². The molecule has 0 radical (unpaired) electrons. The molecule has 2 nitrogen and oxygen atoms in total. The molecule has 80 valence electrons. The number of aldehydes is 1. The molecular weight excluding hydrogens is 244 g/mol. The van der Waals surface area contributed by atoms with Crippen molar-refractivity contribution in [2.45, 2.75) is 6.61 Å². The van der Waals surface area contributed by atoms with E-state index in [1.165, 1.54) is 4.88 Å². The lowest BCUT2D eigenvalue weighted by atomic mass is 10.0. The minimum Gasteiger partial charge on any atom is -0.488 e. The van der Waals surface area contributed by atoms with E-state index in [9.17, 15) is 4.79 Å². The summed E-state index contributed by atoms with van der Waals surface area (Å²) in [6, 6.07) is 5.54. The van der Waals surface area contributed by atoms with Gasteiger partial charge in [-0.05, 0) is 17.5 Å². The summed E-state index contributed by atoms with van der Waals surface area (Å²) in [4.78, 5) is 12.0. The number of hydrogen-bond donors (Lipinski definition) is 0. The molecule has 4 heteroatoms. The third-order valence-corrected chi connectivity index (χ3v) is 3.92. The van der Waals surface area contributed by atoms with Crippen LogP contribution in [0.4, 0.5) is 0 Å². The molecular formula is C12H7ClO2S. The molecule has 2 heterocycles. The number of carbonyl (C=O) groups excluding carboxylic acids is 1. The van der Waals surface area contributed by atoms with Gasteiger partial charge in [0.1, 0.15) is 12.4 Å². The molecule has 0 unspecified atom stereocenters. The molecule has 0 spiro atoms. The van der Waals surface area contributed by atoms with Crippen molar-refractivity contribution in [3.05, 3.63) is 39.7 Å². The lowest BCUT2D eigenvalue weighted by Crippen LogP contribution is -2.03. The van der Waals surface area contributed by atoms with Crippen LogP contribution in [0.1, 0.15) is 15.9 Å².